The van der Waals surface area contributed by atoms with Gasteiger partial charge in [0.2, 0.25) is 5.91 Å². The quantitative estimate of drug-likeness (QED) is 0.540. The van der Waals surface area contributed by atoms with Crippen molar-refractivity contribution in [2.24, 2.45) is 5.73 Å². The van der Waals surface area contributed by atoms with E-state index in [4.69, 9.17) is 10.8 Å². The molecule has 7 nitrogen and oxygen atoms in total. The number of carbonyl (C=O) groups is 2. The van der Waals surface area contributed by atoms with Gasteiger partial charge in [-0.25, -0.2) is 8.42 Å². The molecule has 1 fully saturated rings. The number of nitrogens with one attached hydrogen (secondary N) is 1. The number of hydrogen-bond acceptors (Lipinski definition) is 6. The Morgan fingerprint density at radius 1 is 1.50 bits per heavy atom. The number of carbonyl (C=O) groups excluding carboxylic acids is 1. The van der Waals surface area contributed by atoms with E-state index in [0.717, 1.165) is 11.8 Å². The number of carboxylic acids is 1. The molecule has 0 spiro atoms. The molecule has 0 saturated carbocycles. The molecule has 0 radical (unpaired) electrons. The molecule has 0 aromatic carbocycles. The Labute approximate surface area is 109 Å². The maximum Gasteiger partial charge on any atom is 0.321 e. The van der Waals surface area contributed by atoms with Gasteiger partial charge < -0.3 is 16.2 Å². The van der Waals surface area contributed by atoms with Gasteiger partial charge in [0.15, 0.2) is 9.84 Å². The van der Waals surface area contributed by atoms with E-state index < -0.39 is 21.8 Å². The van der Waals surface area contributed by atoms with Crippen LogP contribution in [0.3, 0.4) is 0 Å². The number of aliphatic carboxylic acids is 1. The molecule has 0 aromatic heterocycles. The second-order valence-corrected chi connectivity index (χ2v) is 7.39. The number of hydrogen-bond donors (Lipinski definition) is 3. The van der Waals surface area contributed by atoms with Crippen molar-refractivity contribution in [1.29, 1.82) is 0 Å². The fraction of sp³-hybridized carbons (Fsp3) is 0.778. The molecule has 0 bridgehead atoms. The van der Waals surface area contributed by atoms with Crippen molar-refractivity contribution in [3.05, 3.63) is 0 Å². The number of nitrogens with two attached hydrogens (primary N) is 1. The van der Waals surface area contributed by atoms with Crippen LogP contribution in [0.2, 0.25) is 0 Å². The van der Waals surface area contributed by atoms with Gasteiger partial charge in [-0.3, -0.25) is 9.59 Å². The standard InChI is InChI=1S/C9H16N2O5S2/c10-7(9(13)14)3-17-4-8(12)11-6-1-2-18(15,16)5-6/h6-7H,1-5,10H2,(H,11,12)(H,13,14)/t6?,7-/m1/s1. The lowest BCUT2D eigenvalue weighted by Crippen LogP contribution is -2.37. The number of thioether (sulfide) groups is 1. The topological polar surface area (TPSA) is 127 Å². The SMILES string of the molecule is N[C@H](CSCC(=O)NC1CCS(=O)(=O)C1)C(=O)O. The van der Waals surface area contributed by atoms with E-state index in [1.165, 1.54) is 0 Å². The molecule has 9 heteroatoms. The van der Waals surface area contributed by atoms with Crippen LogP contribution in [0.25, 0.3) is 0 Å². The molecule has 1 saturated heterocycles. The van der Waals surface area contributed by atoms with Crippen molar-refractivity contribution in [1.82, 2.24) is 5.32 Å². The number of amides is 1. The molecule has 1 unspecified atom stereocenters. The van der Waals surface area contributed by atoms with Crippen molar-refractivity contribution in [3.8, 4) is 0 Å². The maximum absolute atomic E-state index is 11.4. The van der Waals surface area contributed by atoms with Crippen LogP contribution in [0.4, 0.5) is 0 Å². The highest BCUT2D eigenvalue weighted by atomic mass is 32.2. The molecule has 4 N–H and O–H groups in total. The Morgan fingerprint density at radius 3 is 2.67 bits per heavy atom. The zero-order chi connectivity index (χ0) is 13.8. The van der Waals surface area contributed by atoms with Crippen molar-refractivity contribution in [3.63, 3.8) is 0 Å². The molecule has 1 heterocycles. The lowest BCUT2D eigenvalue weighted by atomic mass is 10.3. The molecule has 0 aliphatic carbocycles. The third-order valence-corrected chi connectivity index (χ3v) is 5.27. The van der Waals surface area contributed by atoms with Gasteiger partial charge in [0, 0.05) is 11.8 Å². The second kappa shape index (κ2) is 6.39. The van der Waals surface area contributed by atoms with Crippen LogP contribution in [-0.4, -0.2) is 60.5 Å². The van der Waals surface area contributed by atoms with Crippen LogP contribution in [0.1, 0.15) is 6.42 Å². The van der Waals surface area contributed by atoms with Crippen molar-refractivity contribution >= 4 is 33.5 Å². The summed E-state index contributed by atoms with van der Waals surface area (Å²) in [7, 11) is -3.01. The minimum atomic E-state index is -3.01. The Morgan fingerprint density at radius 2 is 2.17 bits per heavy atom. The summed E-state index contributed by atoms with van der Waals surface area (Å²) in [5, 5.41) is 11.1. The minimum absolute atomic E-state index is 0.0158. The Kier molecular flexibility index (Phi) is 5.42. The minimum Gasteiger partial charge on any atom is -0.480 e. The van der Waals surface area contributed by atoms with Crippen LogP contribution >= 0.6 is 11.8 Å². The average Bonchev–Trinajstić information content (AvgIpc) is 2.57. The van der Waals surface area contributed by atoms with Crippen molar-refractivity contribution < 1.29 is 23.1 Å². The van der Waals surface area contributed by atoms with Crippen LogP contribution in [0.15, 0.2) is 0 Å². The van der Waals surface area contributed by atoms with Gasteiger partial charge in [-0.1, -0.05) is 0 Å². The molecule has 104 valence electrons. The molecule has 1 rings (SSSR count). The van der Waals surface area contributed by atoms with Gasteiger partial charge in [-0.05, 0) is 6.42 Å². The molecule has 1 aliphatic rings. The average molecular weight is 296 g/mol. The Bertz CT molecular complexity index is 423. The second-order valence-electron chi connectivity index (χ2n) is 4.13. The smallest absolute Gasteiger partial charge is 0.321 e. The van der Waals surface area contributed by atoms with Gasteiger partial charge >= 0.3 is 5.97 Å². The summed E-state index contributed by atoms with van der Waals surface area (Å²) in [5.41, 5.74) is 5.27. The largest absolute Gasteiger partial charge is 0.480 e. The summed E-state index contributed by atoms with van der Waals surface area (Å²) in [4.78, 5) is 21.9. The van der Waals surface area contributed by atoms with E-state index in [1.54, 1.807) is 0 Å². The van der Waals surface area contributed by atoms with Crippen LogP contribution in [-0.2, 0) is 19.4 Å². The Balaban J connectivity index is 2.21. The summed E-state index contributed by atoms with van der Waals surface area (Å²) in [5.74, 6) is -1.08. The van der Waals surface area contributed by atoms with E-state index in [0.29, 0.717) is 6.42 Å². The normalized spacial score (nSPS) is 23.5. The number of rotatable bonds is 6. The highest BCUT2D eigenvalue weighted by Crippen LogP contribution is 2.11. The van der Waals surface area contributed by atoms with Gasteiger partial charge in [0.25, 0.3) is 0 Å². The first-order valence-corrected chi connectivity index (χ1v) is 8.33. The van der Waals surface area contributed by atoms with E-state index in [9.17, 15) is 18.0 Å². The first kappa shape index (κ1) is 15.3. The van der Waals surface area contributed by atoms with Crippen molar-refractivity contribution in [2.45, 2.75) is 18.5 Å². The molecule has 18 heavy (non-hydrogen) atoms. The van der Waals surface area contributed by atoms with E-state index in [-0.39, 0.29) is 35.0 Å². The van der Waals surface area contributed by atoms with Gasteiger partial charge in [-0.15, -0.1) is 11.8 Å². The zero-order valence-corrected chi connectivity index (χ0v) is 11.3. The monoisotopic (exact) mass is 296 g/mol. The molecular formula is C9H16N2O5S2. The number of sulfone groups is 1. The van der Waals surface area contributed by atoms with Gasteiger partial charge in [-0.2, -0.15) is 0 Å². The third kappa shape index (κ3) is 5.23. The molecule has 0 aromatic rings. The summed E-state index contributed by atoms with van der Waals surface area (Å²) in [6, 6.07) is -1.31. The fourth-order valence-electron chi connectivity index (χ4n) is 1.53. The predicted molar refractivity (Wildman–Crippen MR) is 68.1 cm³/mol. The van der Waals surface area contributed by atoms with Crippen LogP contribution in [0, 0.1) is 0 Å². The first-order chi connectivity index (χ1) is 8.30. The summed E-state index contributed by atoms with van der Waals surface area (Å²) in [6.45, 7) is 0. The lowest BCUT2D eigenvalue weighted by molar-refractivity contribution is -0.138. The summed E-state index contributed by atoms with van der Waals surface area (Å²) in [6.07, 6.45) is 0.438. The Hall–Kier alpha value is -0.800. The maximum atomic E-state index is 11.4. The van der Waals surface area contributed by atoms with E-state index in [1.807, 2.05) is 0 Å². The van der Waals surface area contributed by atoms with Crippen LogP contribution < -0.4 is 11.1 Å². The van der Waals surface area contributed by atoms with Crippen LogP contribution in [0.5, 0.6) is 0 Å². The summed E-state index contributed by atoms with van der Waals surface area (Å²) >= 11 is 1.11. The molecule has 1 aliphatic heterocycles. The summed E-state index contributed by atoms with van der Waals surface area (Å²) < 4.78 is 22.3. The van der Waals surface area contributed by atoms with Gasteiger partial charge in [0.05, 0.1) is 17.3 Å². The fourth-order valence-corrected chi connectivity index (χ4v) is 3.98. The van der Waals surface area contributed by atoms with Gasteiger partial charge in [0.1, 0.15) is 6.04 Å². The van der Waals surface area contributed by atoms with E-state index in [2.05, 4.69) is 5.32 Å². The first-order valence-electron chi connectivity index (χ1n) is 5.36. The lowest BCUT2D eigenvalue weighted by Gasteiger charge is -2.11. The van der Waals surface area contributed by atoms with E-state index >= 15 is 0 Å². The predicted octanol–water partition coefficient (Wildman–Crippen LogP) is -1.57. The molecular weight excluding hydrogens is 280 g/mol. The highest BCUT2D eigenvalue weighted by Gasteiger charge is 2.28. The zero-order valence-electron chi connectivity index (χ0n) is 9.66. The van der Waals surface area contributed by atoms with Crippen molar-refractivity contribution in [2.75, 3.05) is 23.0 Å². The number of carboxylic acid groups (broad SMARTS) is 1. The highest BCUT2D eigenvalue weighted by molar-refractivity contribution is 8.00. The molecule has 2 atom stereocenters. The molecule has 1 amide bonds. The third-order valence-electron chi connectivity index (χ3n) is 2.45.